The number of nitrogens with zero attached hydrogens (tertiary/aromatic N) is 1. The number of hydrogen-bond donors (Lipinski definition) is 2. The minimum Gasteiger partial charge on any atom is -0.487 e. The van der Waals surface area contributed by atoms with Crippen molar-refractivity contribution < 1.29 is 19.4 Å². The summed E-state index contributed by atoms with van der Waals surface area (Å²) in [5, 5.41) is 14.3. The van der Waals surface area contributed by atoms with Gasteiger partial charge in [0.15, 0.2) is 0 Å². The summed E-state index contributed by atoms with van der Waals surface area (Å²) in [6.07, 6.45) is 4.45. The lowest BCUT2D eigenvalue weighted by Crippen LogP contribution is -2.20. The Balaban J connectivity index is 1.55. The molecule has 1 aromatic heterocycles. The molecule has 3 aromatic carbocycles. The molecule has 0 saturated heterocycles. The minimum absolute atomic E-state index is 0.0751. The van der Waals surface area contributed by atoms with Crippen LogP contribution >= 0.6 is 0 Å². The molecule has 2 N–H and O–H groups in total. The lowest BCUT2D eigenvalue weighted by atomic mass is 9.94. The molecule has 4 rings (SSSR count). The molecule has 0 aliphatic heterocycles. The van der Waals surface area contributed by atoms with Crippen molar-refractivity contribution in [2.75, 3.05) is 5.32 Å². The number of fused-ring (bicyclic) bond motifs is 1. The fourth-order valence-electron chi connectivity index (χ4n) is 4.09. The number of aliphatic carboxylic acids is 1. The van der Waals surface area contributed by atoms with E-state index in [0.29, 0.717) is 30.9 Å². The molecule has 0 aliphatic rings. The van der Waals surface area contributed by atoms with Gasteiger partial charge in [0.2, 0.25) is 5.91 Å². The molecular weight excluding hydrogens is 440 g/mol. The number of aryl methyl sites for hydroxylation is 1. The first-order valence-corrected chi connectivity index (χ1v) is 11.7. The third-order valence-electron chi connectivity index (χ3n) is 5.99. The Labute approximate surface area is 204 Å². The molecule has 0 saturated carbocycles. The van der Waals surface area contributed by atoms with Crippen LogP contribution in [0.3, 0.4) is 0 Å². The number of carboxylic acids is 1. The first kappa shape index (κ1) is 24.0. The van der Waals surface area contributed by atoms with E-state index in [1.165, 1.54) is 0 Å². The number of benzene rings is 3. The number of carboxylic acid groups (broad SMARTS) is 1. The van der Waals surface area contributed by atoms with Gasteiger partial charge in [-0.1, -0.05) is 54.6 Å². The summed E-state index contributed by atoms with van der Waals surface area (Å²) >= 11 is 0. The van der Waals surface area contributed by atoms with Crippen molar-refractivity contribution >= 4 is 28.3 Å². The van der Waals surface area contributed by atoms with Crippen molar-refractivity contribution in [3.05, 3.63) is 102 Å². The number of anilines is 1. The third-order valence-corrected chi connectivity index (χ3v) is 5.99. The molecule has 1 unspecified atom stereocenters. The highest BCUT2D eigenvalue weighted by atomic mass is 16.5. The monoisotopic (exact) mass is 468 g/mol. The zero-order valence-corrected chi connectivity index (χ0v) is 19.6. The Hall–Kier alpha value is -4.19. The van der Waals surface area contributed by atoms with Crippen LogP contribution in [-0.4, -0.2) is 22.0 Å². The molecular formula is C29H28N2O4. The van der Waals surface area contributed by atoms with Crippen LogP contribution in [0.4, 0.5) is 5.69 Å². The van der Waals surface area contributed by atoms with Crippen LogP contribution in [0, 0.1) is 0 Å². The van der Waals surface area contributed by atoms with Crippen molar-refractivity contribution in [1.82, 2.24) is 4.98 Å². The third kappa shape index (κ3) is 6.23. The molecule has 0 spiro atoms. The molecule has 6 heteroatoms. The average molecular weight is 469 g/mol. The van der Waals surface area contributed by atoms with Gasteiger partial charge in [-0.3, -0.25) is 14.6 Å². The second kappa shape index (κ2) is 11.3. The molecule has 1 amide bonds. The van der Waals surface area contributed by atoms with E-state index in [0.717, 1.165) is 27.5 Å². The highest BCUT2D eigenvalue weighted by Crippen LogP contribution is 2.28. The van der Waals surface area contributed by atoms with Gasteiger partial charge in [-0.25, -0.2) is 0 Å². The number of carbonyl (C=O) groups is 2. The zero-order chi connectivity index (χ0) is 24.6. The SMILES string of the molecule is CC(C(=O)Nc1cc(COc2cccnc2)ccc1CCCC(=O)O)c1cccc2ccccc12. The molecule has 1 heterocycles. The van der Waals surface area contributed by atoms with Gasteiger partial charge >= 0.3 is 5.97 Å². The summed E-state index contributed by atoms with van der Waals surface area (Å²) < 4.78 is 5.82. The Morgan fingerprint density at radius 3 is 2.66 bits per heavy atom. The number of ether oxygens (including phenoxy) is 1. The van der Waals surface area contributed by atoms with Gasteiger partial charge in [-0.05, 0) is 65.4 Å². The van der Waals surface area contributed by atoms with Gasteiger partial charge in [0.05, 0.1) is 12.1 Å². The zero-order valence-electron chi connectivity index (χ0n) is 19.6. The van der Waals surface area contributed by atoms with E-state index < -0.39 is 5.97 Å². The van der Waals surface area contributed by atoms with Gasteiger partial charge in [0.1, 0.15) is 12.4 Å². The normalized spacial score (nSPS) is 11.7. The Kier molecular flexibility index (Phi) is 7.73. The van der Waals surface area contributed by atoms with E-state index in [2.05, 4.69) is 10.3 Å². The van der Waals surface area contributed by atoms with Gasteiger partial charge in [0, 0.05) is 18.3 Å². The van der Waals surface area contributed by atoms with E-state index >= 15 is 0 Å². The van der Waals surface area contributed by atoms with E-state index in [4.69, 9.17) is 9.84 Å². The lowest BCUT2D eigenvalue weighted by molar-refractivity contribution is -0.137. The van der Waals surface area contributed by atoms with Crippen LogP contribution < -0.4 is 10.1 Å². The Morgan fingerprint density at radius 1 is 1.03 bits per heavy atom. The van der Waals surface area contributed by atoms with E-state index in [1.807, 2.05) is 73.7 Å². The standard InChI is InChI=1S/C29H28N2O4/c1-20(25-12-4-8-22-7-2-3-11-26(22)25)29(34)31-27-17-21(19-35-24-10-6-16-30-18-24)14-15-23(27)9-5-13-28(32)33/h2-4,6-8,10-12,14-18,20H,5,9,13,19H2,1H3,(H,31,34)(H,32,33). The van der Waals surface area contributed by atoms with E-state index in [1.54, 1.807) is 18.5 Å². The summed E-state index contributed by atoms with van der Waals surface area (Å²) in [6, 6.07) is 23.4. The second-order valence-electron chi connectivity index (χ2n) is 8.50. The first-order chi connectivity index (χ1) is 17.0. The number of amides is 1. The summed E-state index contributed by atoms with van der Waals surface area (Å²) in [5.41, 5.74) is 3.43. The van der Waals surface area contributed by atoms with E-state index in [9.17, 15) is 9.59 Å². The van der Waals surface area contributed by atoms with Crippen LogP contribution in [0.15, 0.2) is 85.2 Å². The van der Waals surface area contributed by atoms with Crippen molar-refractivity contribution in [2.24, 2.45) is 0 Å². The van der Waals surface area contributed by atoms with Crippen molar-refractivity contribution in [3.63, 3.8) is 0 Å². The van der Waals surface area contributed by atoms with Gasteiger partial charge in [0.25, 0.3) is 0 Å². The molecule has 4 aromatic rings. The second-order valence-corrected chi connectivity index (χ2v) is 8.50. The lowest BCUT2D eigenvalue weighted by Gasteiger charge is -2.18. The largest absolute Gasteiger partial charge is 0.487 e. The molecule has 6 nitrogen and oxygen atoms in total. The van der Waals surface area contributed by atoms with Gasteiger partial charge in [-0.15, -0.1) is 0 Å². The van der Waals surface area contributed by atoms with Crippen molar-refractivity contribution in [2.45, 2.75) is 38.7 Å². The van der Waals surface area contributed by atoms with Crippen LogP contribution in [-0.2, 0) is 22.6 Å². The maximum absolute atomic E-state index is 13.3. The number of nitrogens with one attached hydrogen (secondary N) is 1. The molecule has 0 aliphatic carbocycles. The number of aromatic nitrogens is 1. The van der Waals surface area contributed by atoms with Gasteiger partial charge < -0.3 is 15.2 Å². The highest BCUT2D eigenvalue weighted by molar-refractivity contribution is 5.99. The molecule has 35 heavy (non-hydrogen) atoms. The number of rotatable bonds is 10. The minimum atomic E-state index is -0.832. The molecule has 0 bridgehead atoms. The Morgan fingerprint density at radius 2 is 1.86 bits per heavy atom. The topological polar surface area (TPSA) is 88.5 Å². The average Bonchev–Trinajstić information content (AvgIpc) is 2.88. The van der Waals surface area contributed by atoms with Gasteiger partial charge in [-0.2, -0.15) is 0 Å². The molecule has 0 radical (unpaired) electrons. The predicted molar refractivity (Wildman–Crippen MR) is 137 cm³/mol. The quantitative estimate of drug-likeness (QED) is 0.300. The van der Waals surface area contributed by atoms with Crippen molar-refractivity contribution in [1.29, 1.82) is 0 Å². The van der Waals surface area contributed by atoms with E-state index in [-0.39, 0.29) is 18.2 Å². The molecule has 178 valence electrons. The maximum atomic E-state index is 13.3. The van der Waals surface area contributed by atoms with Crippen LogP contribution in [0.1, 0.15) is 42.4 Å². The summed E-state index contributed by atoms with van der Waals surface area (Å²) in [4.78, 5) is 28.4. The Bertz CT molecular complexity index is 1320. The number of hydrogen-bond acceptors (Lipinski definition) is 4. The van der Waals surface area contributed by atoms with Crippen LogP contribution in [0.25, 0.3) is 10.8 Å². The summed E-state index contributed by atoms with van der Waals surface area (Å²) in [7, 11) is 0. The highest BCUT2D eigenvalue weighted by Gasteiger charge is 2.19. The van der Waals surface area contributed by atoms with Crippen LogP contribution in [0.2, 0.25) is 0 Å². The van der Waals surface area contributed by atoms with Crippen LogP contribution in [0.5, 0.6) is 5.75 Å². The fourth-order valence-corrected chi connectivity index (χ4v) is 4.09. The molecule has 0 fully saturated rings. The first-order valence-electron chi connectivity index (χ1n) is 11.7. The smallest absolute Gasteiger partial charge is 0.303 e. The number of carbonyl (C=O) groups excluding carboxylic acids is 1. The summed E-state index contributed by atoms with van der Waals surface area (Å²) in [5.74, 6) is -0.663. The maximum Gasteiger partial charge on any atom is 0.303 e. The molecule has 1 atom stereocenters. The number of pyridine rings is 1. The van der Waals surface area contributed by atoms with Crippen molar-refractivity contribution in [3.8, 4) is 5.75 Å². The summed E-state index contributed by atoms with van der Waals surface area (Å²) in [6.45, 7) is 2.22. The fraction of sp³-hybridized carbons (Fsp3) is 0.207. The predicted octanol–water partition coefficient (Wildman–Crippen LogP) is 5.96.